The molecule has 2 heterocycles. The van der Waals surface area contributed by atoms with Gasteiger partial charge in [0, 0.05) is 17.6 Å². The zero-order valence-corrected chi connectivity index (χ0v) is 10.6. The van der Waals surface area contributed by atoms with Gasteiger partial charge in [-0.15, -0.1) is 11.3 Å². The van der Waals surface area contributed by atoms with E-state index < -0.39 is 10.0 Å². The SMILES string of the molecule is Cc1oc(CN)cc1S(=O)(=O)Nc1nccs1. The minimum absolute atomic E-state index is 0.0909. The number of furan rings is 1. The van der Waals surface area contributed by atoms with Crippen molar-refractivity contribution in [2.45, 2.75) is 18.4 Å². The highest BCUT2D eigenvalue weighted by Gasteiger charge is 2.21. The summed E-state index contributed by atoms with van der Waals surface area (Å²) in [7, 11) is -3.65. The number of nitrogens with zero attached hydrogens (tertiary/aromatic N) is 1. The van der Waals surface area contributed by atoms with E-state index in [1.165, 1.54) is 23.6 Å². The van der Waals surface area contributed by atoms with Gasteiger partial charge in [0.2, 0.25) is 0 Å². The van der Waals surface area contributed by atoms with Crippen LogP contribution in [-0.4, -0.2) is 13.4 Å². The lowest BCUT2D eigenvalue weighted by Gasteiger charge is -2.02. The van der Waals surface area contributed by atoms with Crippen LogP contribution in [-0.2, 0) is 16.6 Å². The van der Waals surface area contributed by atoms with Gasteiger partial charge >= 0.3 is 0 Å². The van der Waals surface area contributed by atoms with Crippen LogP contribution in [0.1, 0.15) is 11.5 Å². The van der Waals surface area contributed by atoms with Crippen molar-refractivity contribution in [3.05, 3.63) is 29.2 Å². The fourth-order valence-corrected chi connectivity index (χ4v) is 3.33. The topological polar surface area (TPSA) is 98.2 Å². The maximum absolute atomic E-state index is 12.0. The minimum atomic E-state index is -3.65. The number of anilines is 1. The van der Waals surface area contributed by atoms with Gasteiger partial charge in [0.1, 0.15) is 16.4 Å². The lowest BCUT2D eigenvalue weighted by atomic mass is 10.4. The van der Waals surface area contributed by atoms with Crippen LogP contribution < -0.4 is 10.5 Å². The van der Waals surface area contributed by atoms with Gasteiger partial charge in [-0.2, -0.15) is 0 Å². The number of rotatable bonds is 4. The van der Waals surface area contributed by atoms with Gasteiger partial charge in [-0.25, -0.2) is 13.4 Å². The fourth-order valence-electron chi connectivity index (χ4n) is 1.34. The molecule has 0 bridgehead atoms. The Bertz CT molecular complexity index is 601. The van der Waals surface area contributed by atoms with Crippen molar-refractivity contribution in [1.82, 2.24) is 4.98 Å². The maximum atomic E-state index is 12.0. The van der Waals surface area contributed by atoms with E-state index in [1.807, 2.05) is 0 Å². The van der Waals surface area contributed by atoms with E-state index in [-0.39, 0.29) is 11.4 Å². The highest BCUT2D eigenvalue weighted by atomic mass is 32.2. The first kappa shape index (κ1) is 12.1. The average molecular weight is 273 g/mol. The van der Waals surface area contributed by atoms with Crippen LogP contribution in [0.15, 0.2) is 27.0 Å². The number of nitrogens with one attached hydrogen (secondary N) is 1. The third-order valence-corrected chi connectivity index (χ3v) is 4.33. The van der Waals surface area contributed by atoms with E-state index in [0.29, 0.717) is 16.7 Å². The summed E-state index contributed by atoms with van der Waals surface area (Å²) in [6.45, 7) is 1.74. The zero-order valence-electron chi connectivity index (χ0n) is 9.00. The number of nitrogens with two attached hydrogens (primary N) is 1. The highest BCUT2D eigenvalue weighted by Crippen LogP contribution is 2.23. The largest absolute Gasteiger partial charge is 0.464 e. The van der Waals surface area contributed by atoms with E-state index in [1.54, 1.807) is 12.3 Å². The van der Waals surface area contributed by atoms with E-state index in [0.717, 1.165) is 0 Å². The van der Waals surface area contributed by atoms with Crippen molar-refractivity contribution >= 4 is 26.5 Å². The van der Waals surface area contributed by atoms with Crippen LogP contribution in [0.25, 0.3) is 0 Å². The monoisotopic (exact) mass is 273 g/mol. The zero-order chi connectivity index (χ0) is 12.5. The molecule has 2 aromatic heterocycles. The Kier molecular flexibility index (Phi) is 3.18. The molecule has 3 N–H and O–H groups in total. The molecule has 0 unspecified atom stereocenters. The number of sulfonamides is 1. The van der Waals surface area contributed by atoms with Gasteiger partial charge in [-0.05, 0) is 6.92 Å². The number of aromatic nitrogens is 1. The van der Waals surface area contributed by atoms with Crippen molar-refractivity contribution in [3.63, 3.8) is 0 Å². The molecule has 92 valence electrons. The predicted octanol–water partition coefficient (Wildman–Crippen LogP) is 1.30. The smallest absolute Gasteiger partial charge is 0.267 e. The second kappa shape index (κ2) is 4.47. The molecule has 0 aliphatic carbocycles. The van der Waals surface area contributed by atoms with Crippen molar-refractivity contribution in [2.24, 2.45) is 5.73 Å². The molecule has 2 rings (SSSR count). The molecule has 0 aromatic carbocycles. The van der Waals surface area contributed by atoms with Gasteiger partial charge in [-0.1, -0.05) is 0 Å². The second-order valence-electron chi connectivity index (χ2n) is 3.28. The summed E-state index contributed by atoms with van der Waals surface area (Å²) in [5, 5.41) is 2.01. The Labute approximate surface area is 103 Å². The van der Waals surface area contributed by atoms with Crippen LogP contribution in [0.3, 0.4) is 0 Å². The summed E-state index contributed by atoms with van der Waals surface area (Å²) in [6.07, 6.45) is 1.52. The van der Waals surface area contributed by atoms with E-state index >= 15 is 0 Å². The van der Waals surface area contributed by atoms with Gasteiger partial charge in [0.15, 0.2) is 5.13 Å². The summed E-state index contributed by atoms with van der Waals surface area (Å²) in [4.78, 5) is 3.95. The average Bonchev–Trinajstić information content (AvgIpc) is 2.86. The van der Waals surface area contributed by atoms with Crippen LogP contribution in [0.4, 0.5) is 5.13 Å². The van der Waals surface area contributed by atoms with E-state index in [9.17, 15) is 8.42 Å². The summed E-state index contributed by atoms with van der Waals surface area (Å²) in [5.41, 5.74) is 5.39. The Hall–Kier alpha value is -1.38. The van der Waals surface area contributed by atoms with Gasteiger partial charge in [0.05, 0.1) is 6.54 Å². The first-order chi connectivity index (χ1) is 8.03. The summed E-state index contributed by atoms with van der Waals surface area (Å²) in [6, 6.07) is 1.42. The van der Waals surface area contributed by atoms with E-state index in [4.69, 9.17) is 10.2 Å². The molecule has 0 atom stereocenters. The first-order valence-electron chi connectivity index (χ1n) is 4.74. The van der Waals surface area contributed by atoms with Crippen molar-refractivity contribution in [1.29, 1.82) is 0 Å². The Morgan fingerprint density at radius 3 is 2.88 bits per heavy atom. The summed E-state index contributed by atoms with van der Waals surface area (Å²) >= 11 is 1.21. The first-order valence-corrected chi connectivity index (χ1v) is 7.11. The molecule has 0 radical (unpaired) electrons. The molecule has 0 spiro atoms. The molecule has 6 nitrogen and oxygen atoms in total. The molecule has 0 saturated heterocycles. The molecule has 17 heavy (non-hydrogen) atoms. The molecular weight excluding hydrogens is 262 g/mol. The quantitative estimate of drug-likeness (QED) is 0.875. The molecule has 2 aromatic rings. The molecular formula is C9H11N3O3S2. The number of thiazole rings is 1. The molecule has 0 aliphatic rings. The number of hydrogen-bond donors (Lipinski definition) is 2. The lowest BCUT2D eigenvalue weighted by molar-refractivity contribution is 0.479. The second-order valence-corrected chi connectivity index (χ2v) is 5.83. The van der Waals surface area contributed by atoms with Crippen molar-refractivity contribution in [3.8, 4) is 0 Å². The highest BCUT2D eigenvalue weighted by molar-refractivity contribution is 7.93. The van der Waals surface area contributed by atoms with Crippen LogP contribution >= 0.6 is 11.3 Å². The van der Waals surface area contributed by atoms with Crippen LogP contribution in [0, 0.1) is 6.92 Å². The summed E-state index contributed by atoms with van der Waals surface area (Å²) < 4.78 is 31.6. The van der Waals surface area contributed by atoms with Gasteiger partial charge in [0.25, 0.3) is 10.0 Å². The van der Waals surface area contributed by atoms with E-state index in [2.05, 4.69) is 9.71 Å². The Morgan fingerprint density at radius 2 is 2.35 bits per heavy atom. The summed E-state index contributed by atoms with van der Waals surface area (Å²) in [5.74, 6) is 0.747. The molecule has 0 amide bonds. The van der Waals surface area contributed by atoms with Crippen LogP contribution in [0.5, 0.6) is 0 Å². The normalized spacial score (nSPS) is 11.6. The standard InChI is InChI=1S/C9H11N3O3S2/c1-6-8(4-7(5-10)15-6)17(13,14)12-9-11-2-3-16-9/h2-4H,5,10H2,1H3,(H,11,12). The number of aryl methyl sites for hydroxylation is 1. The van der Waals surface area contributed by atoms with Gasteiger partial charge < -0.3 is 10.2 Å². The Balaban J connectivity index is 2.34. The van der Waals surface area contributed by atoms with Crippen LogP contribution in [0.2, 0.25) is 0 Å². The van der Waals surface area contributed by atoms with Crippen molar-refractivity contribution in [2.75, 3.05) is 4.72 Å². The molecule has 0 fully saturated rings. The fraction of sp³-hybridized carbons (Fsp3) is 0.222. The third kappa shape index (κ3) is 2.48. The molecule has 8 heteroatoms. The molecule has 0 saturated carbocycles. The third-order valence-electron chi connectivity index (χ3n) is 2.07. The maximum Gasteiger partial charge on any atom is 0.267 e. The van der Waals surface area contributed by atoms with Crippen molar-refractivity contribution < 1.29 is 12.8 Å². The predicted molar refractivity (Wildman–Crippen MR) is 64.3 cm³/mol. The Morgan fingerprint density at radius 1 is 1.59 bits per heavy atom. The number of hydrogen-bond acceptors (Lipinski definition) is 6. The van der Waals surface area contributed by atoms with Gasteiger partial charge in [-0.3, -0.25) is 4.72 Å². The molecule has 0 aliphatic heterocycles. The lowest BCUT2D eigenvalue weighted by Crippen LogP contribution is -2.12. The minimum Gasteiger partial charge on any atom is -0.464 e.